The van der Waals surface area contributed by atoms with E-state index in [9.17, 15) is 4.79 Å². The van der Waals surface area contributed by atoms with Crippen LogP contribution in [0.5, 0.6) is 11.5 Å². The highest BCUT2D eigenvalue weighted by Gasteiger charge is 2.11. The summed E-state index contributed by atoms with van der Waals surface area (Å²) < 4.78 is 11.0. The van der Waals surface area contributed by atoms with Crippen LogP contribution >= 0.6 is 0 Å². The van der Waals surface area contributed by atoms with Crippen LogP contribution in [0.1, 0.15) is 5.56 Å². The van der Waals surface area contributed by atoms with Crippen LogP contribution in [-0.2, 0) is 11.3 Å². The second kappa shape index (κ2) is 7.19. The van der Waals surface area contributed by atoms with Gasteiger partial charge in [0.2, 0.25) is 0 Å². The van der Waals surface area contributed by atoms with Crippen molar-refractivity contribution in [2.75, 3.05) is 13.2 Å². The normalized spacial score (nSPS) is 14.0. The molecule has 1 heterocycles. The van der Waals surface area contributed by atoms with Gasteiger partial charge in [0.15, 0.2) is 11.5 Å². The Balaban J connectivity index is 2.05. The summed E-state index contributed by atoms with van der Waals surface area (Å²) in [6.45, 7) is 5.14. The second-order valence-electron chi connectivity index (χ2n) is 4.36. The van der Waals surface area contributed by atoms with Gasteiger partial charge in [-0.2, -0.15) is 0 Å². The third kappa shape index (κ3) is 4.42. The number of allylic oxidation sites excluding steroid dienone is 3. The number of ether oxygens (including phenoxy) is 2. The van der Waals surface area contributed by atoms with Gasteiger partial charge < -0.3 is 19.9 Å². The number of nitrogens with one attached hydrogen (secondary N) is 1. The van der Waals surface area contributed by atoms with E-state index in [-0.39, 0.29) is 0 Å². The lowest BCUT2D eigenvalue weighted by molar-refractivity contribution is -0.131. The molecule has 0 spiro atoms. The summed E-state index contributed by atoms with van der Waals surface area (Å²) in [4.78, 5) is 10.8. The Bertz CT molecular complexity index is 590. The van der Waals surface area contributed by atoms with Gasteiger partial charge in [0.05, 0.1) is 0 Å². The highest BCUT2D eigenvalue weighted by atomic mass is 16.6. The molecule has 1 aliphatic rings. The summed E-state index contributed by atoms with van der Waals surface area (Å²) in [6, 6.07) is 5.65. The van der Waals surface area contributed by atoms with Crippen LogP contribution in [0, 0.1) is 0 Å². The van der Waals surface area contributed by atoms with Crippen LogP contribution in [-0.4, -0.2) is 24.3 Å². The molecule has 5 nitrogen and oxygen atoms in total. The van der Waals surface area contributed by atoms with E-state index in [2.05, 4.69) is 11.9 Å². The summed E-state index contributed by atoms with van der Waals surface area (Å²) in [5.41, 5.74) is 1.47. The first-order valence-electron chi connectivity index (χ1n) is 6.55. The van der Waals surface area contributed by atoms with Crippen LogP contribution in [0.3, 0.4) is 0 Å². The third-order valence-corrected chi connectivity index (χ3v) is 2.79. The molecule has 0 atom stereocenters. The molecule has 0 aromatic heterocycles. The lowest BCUT2D eigenvalue weighted by atomic mass is 10.2. The number of fused-ring (bicyclic) bond motifs is 1. The van der Waals surface area contributed by atoms with Crippen LogP contribution in [0.4, 0.5) is 0 Å². The quantitative estimate of drug-likeness (QED) is 0.620. The van der Waals surface area contributed by atoms with Crippen molar-refractivity contribution >= 4 is 5.97 Å². The van der Waals surface area contributed by atoms with E-state index in [1.807, 2.05) is 18.2 Å². The van der Waals surface area contributed by atoms with Gasteiger partial charge in [0.1, 0.15) is 13.2 Å². The number of rotatable bonds is 6. The largest absolute Gasteiger partial charge is 0.486 e. The molecule has 1 aromatic carbocycles. The molecule has 110 valence electrons. The third-order valence-electron chi connectivity index (χ3n) is 2.79. The minimum atomic E-state index is -1.01. The molecule has 0 radical (unpaired) electrons. The molecule has 2 rings (SSSR count). The summed E-state index contributed by atoms with van der Waals surface area (Å²) >= 11 is 0. The van der Waals surface area contributed by atoms with E-state index < -0.39 is 5.97 Å². The molecule has 2 N–H and O–H groups in total. The Hall–Kier alpha value is -2.69. The highest BCUT2D eigenvalue weighted by Crippen LogP contribution is 2.30. The van der Waals surface area contributed by atoms with E-state index in [0.717, 1.165) is 17.4 Å². The summed E-state index contributed by atoms with van der Waals surface area (Å²) in [5.74, 6) is 0.442. The van der Waals surface area contributed by atoms with E-state index in [4.69, 9.17) is 14.6 Å². The van der Waals surface area contributed by atoms with Crippen molar-refractivity contribution < 1.29 is 19.4 Å². The van der Waals surface area contributed by atoms with Crippen LogP contribution in [0.2, 0.25) is 0 Å². The van der Waals surface area contributed by atoms with Gasteiger partial charge in [-0.15, -0.1) is 0 Å². The minimum Gasteiger partial charge on any atom is -0.486 e. The van der Waals surface area contributed by atoms with Gasteiger partial charge in [-0.1, -0.05) is 24.8 Å². The smallest absolute Gasteiger partial charge is 0.330 e. The molecule has 0 amide bonds. The Morgan fingerprint density at radius 3 is 2.81 bits per heavy atom. The van der Waals surface area contributed by atoms with Crippen LogP contribution < -0.4 is 14.8 Å². The van der Waals surface area contributed by atoms with Crippen molar-refractivity contribution in [1.82, 2.24) is 5.32 Å². The number of hydrogen-bond donors (Lipinski definition) is 2. The molecule has 0 fully saturated rings. The maximum Gasteiger partial charge on any atom is 0.330 e. The number of carboxylic acid groups (broad SMARTS) is 1. The number of hydrogen-bond acceptors (Lipinski definition) is 4. The fourth-order valence-electron chi connectivity index (χ4n) is 1.86. The molecule has 0 saturated heterocycles. The Kier molecular flexibility index (Phi) is 5.04. The lowest BCUT2D eigenvalue weighted by Crippen LogP contribution is -2.16. The summed E-state index contributed by atoms with van der Waals surface area (Å²) in [5, 5.41) is 11.9. The van der Waals surface area contributed by atoms with Gasteiger partial charge in [-0.25, -0.2) is 4.79 Å². The number of carboxylic acids is 1. The van der Waals surface area contributed by atoms with Crippen molar-refractivity contribution in [3.05, 3.63) is 60.3 Å². The van der Waals surface area contributed by atoms with Crippen molar-refractivity contribution in [1.29, 1.82) is 0 Å². The van der Waals surface area contributed by atoms with Crippen molar-refractivity contribution in [2.45, 2.75) is 6.54 Å². The lowest BCUT2D eigenvalue weighted by Gasteiger charge is -2.19. The fourth-order valence-corrected chi connectivity index (χ4v) is 1.86. The Morgan fingerprint density at radius 1 is 1.33 bits per heavy atom. The van der Waals surface area contributed by atoms with Crippen molar-refractivity contribution in [2.24, 2.45) is 0 Å². The summed E-state index contributed by atoms with van der Waals surface area (Å²) in [7, 11) is 0. The molecule has 1 aromatic rings. The molecule has 0 bridgehead atoms. The van der Waals surface area contributed by atoms with E-state index in [0.29, 0.717) is 31.2 Å². The van der Waals surface area contributed by atoms with Crippen molar-refractivity contribution in [3.8, 4) is 11.5 Å². The number of benzene rings is 1. The first-order valence-corrected chi connectivity index (χ1v) is 6.55. The molecule has 21 heavy (non-hydrogen) atoms. The zero-order valence-electron chi connectivity index (χ0n) is 11.5. The zero-order chi connectivity index (χ0) is 15.1. The summed E-state index contributed by atoms with van der Waals surface area (Å²) in [6.07, 6.45) is 6.02. The first-order chi connectivity index (χ1) is 10.2. The minimum absolute atomic E-state index is 0.483. The van der Waals surface area contributed by atoms with Gasteiger partial charge in [0, 0.05) is 18.3 Å². The number of aliphatic carboxylic acids is 1. The average Bonchev–Trinajstić information content (AvgIpc) is 2.49. The maximum absolute atomic E-state index is 10.8. The number of carbonyl (C=O) groups is 1. The Morgan fingerprint density at radius 2 is 2.10 bits per heavy atom. The monoisotopic (exact) mass is 287 g/mol. The highest BCUT2D eigenvalue weighted by molar-refractivity contribution is 5.81. The van der Waals surface area contributed by atoms with Gasteiger partial charge in [-0.05, 0) is 23.8 Å². The van der Waals surface area contributed by atoms with Gasteiger partial charge in [-0.3, -0.25) is 0 Å². The van der Waals surface area contributed by atoms with Gasteiger partial charge >= 0.3 is 5.97 Å². The van der Waals surface area contributed by atoms with Crippen LogP contribution in [0.25, 0.3) is 0 Å². The molecule has 0 saturated carbocycles. The van der Waals surface area contributed by atoms with E-state index >= 15 is 0 Å². The molecular formula is C16H17NO4. The molecule has 0 unspecified atom stereocenters. The predicted molar refractivity (Wildman–Crippen MR) is 79.3 cm³/mol. The average molecular weight is 287 g/mol. The zero-order valence-corrected chi connectivity index (χ0v) is 11.5. The fraction of sp³-hybridized carbons (Fsp3) is 0.188. The van der Waals surface area contributed by atoms with Gasteiger partial charge in [0.25, 0.3) is 0 Å². The standard InChI is InChI=1S/C16H17NO4/c1-2-3-4-13(10-16(18)19)17-11-12-5-6-14-15(9-12)21-8-7-20-14/h2-6,9-10,17H,1,7-8,11H2,(H,18,19)/b4-3-,13-10-. The van der Waals surface area contributed by atoms with Crippen LogP contribution in [0.15, 0.2) is 54.8 Å². The first kappa shape index (κ1) is 14.7. The molecular weight excluding hydrogens is 270 g/mol. The molecule has 1 aliphatic heterocycles. The van der Waals surface area contributed by atoms with Crippen molar-refractivity contribution in [3.63, 3.8) is 0 Å². The Labute approximate surface area is 123 Å². The van der Waals surface area contributed by atoms with E-state index in [1.54, 1.807) is 18.2 Å². The van der Waals surface area contributed by atoms with E-state index in [1.165, 1.54) is 0 Å². The predicted octanol–water partition coefficient (Wildman–Crippen LogP) is 2.26. The second-order valence-corrected chi connectivity index (χ2v) is 4.36. The topological polar surface area (TPSA) is 67.8 Å². The molecule has 0 aliphatic carbocycles. The maximum atomic E-state index is 10.8. The SMILES string of the molecule is C=C/C=C\C(=C\C(=O)O)NCc1ccc2c(c1)OCCO2. The molecule has 5 heteroatoms.